The minimum absolute atomic E-state index is 0.0399. The van der Waals surface area contributed by atoms with Crippen molar-refractivity contribution in [2.24, 2.45) is 5.73 Å². The Morgan fingerprint density at radius 1 is 1.27 bits per heavy atom. The first-order valence-electron chi connectivity index (χ1n) is 5.53. The molecule has 1 heterocycles. The Kier molecular flexibility index (Phi) is 3.24. The molecule has 0 bridgehead atoms. The van der Waals surface area contributed by atoms with Gasteiger partial charge in [0.15, 0.2) is 0 Å². The Bertz CT molecular complexity index is 318. The number of hydrogen-bond acceptors (Lipinski definition) is 2. The van der Waals surface area contributed by atoms with Gasteiger partial charge in [-0.3, -0.25) is 0 Å². The van der Waals surface area contributed by atoms with Crippen molar-refractivity contribution >= 4 is 0 Å². The zero-order valence-corrected chi connectivity index (χ0v) is 10.5. The highest BCUT2D eigenvalue weighted by Gasteiger charge is 2.25. The molecule has 0 radical (unpaired) electrons. The SMILES string of the molecule is CC(C)(C)c1cnc(C(C)(C)CCN)[nH]1. The van der Waals surface area contributed by atoms with Gasteiger partial charge in [0.2, 0.25) is 0 Å². The molecule has 0 amide bonds. The summed E-state index contributed by atoms with van der Waals surface area (Å²) >= 11 is 0. The van der Waals surface area contributed by atoms with E-state index in [2.05, 4.69) is 44.6 Å². The van der Waals surface area contributed by atoms with Crippen LogP contribution in [0, 0.1) is 0 Å². The van der Waals surface area contributed by atoms with Crippen LogP contribution in [0.1, 0.15) is 52.6 Å². The van der Waals surface area contributed by atoms with Crippen LogP contribution >= 0.6 is 0 Å². The first-order chi connectivity index (χ1) is 6.77. The molecule has 0 fully saturated rings. The highest BCUT2D eigenvalue weighted by Crippen LogP contribution is 2.27. The van der Waals surface area contributed by atoms with Crippen LogP contribution in [0.5, 0.6) is 0 Å². The molecule has 0 aliphatic carbocycles. The fourth-order valence-electron chi connectivity index (χ4n) is 1.53. The van der Waals surface area contributed by atoms with E-state index in [1.54, 1.807) is 0 Å². The molecular weight excluding hydrogens is 186 g/mol. The van der Waals surface area contributed by atoms with Gasteiger partial charge in [0.25, 0.3) is 0 Å². The third-order valence-corrected chi connectivity index (χ3v) is 2.79. The van der Waals surface area contributed by atoms with Crippen molar-refractivity contribution in [1.29, 1.82) is 0 Å². The molecule has 0 aliphatic heterocycles. The number of aromatic nitrogens is 2. The van der Waals surface area contributed by atoms with Gasteiger partial charge < -0.3 is 10.7 Å². The van der Waals surface area contributed by atoms with Crippen molar-refractivity contribution in [1.82, 2.24) is 9.97 Å². The van der Waals surface area contributed by atoms with Crippen LogP contribution in [0.15, 0.2) is 6.20 Å². The molecule has 0 aromatic carbocycles. The third-order valence-electron chi connectivity index (χ3n) is 2.79. The Labute approximate surface area is 92.5 Å². The van der Waals surface area contributed by atoms with E-state index < -0.39 is 0 Å². The maximum Gasteiger partial charge on any atom is 0.111 e. The van der Waals surface area contributed by atoms with E-state index in [-0.39, 0.29) is 10.8 Å². The minimum atomic E-state index is 0.0399. The van der Waals surface area contributed by atoms with Crippen molar-refractivity contribution in [2.75, 3.05) is 6.54 Å². The van der Waals surface area contributed by atoms with Crippen LogP contribution in [-0.4, -0.2) is 16.5 Å². The van der Waals surface area contributed by atoms with Crippen LogP contribution in [0.3, 0.4) is 0 Å². The number of hydrogen-bond donors (Lipinski definition) is 2. The van der Waals surface area contributed by atoms with E-state index in [0.29, 0.717) is 6.54 Å². The fourth-order valence-corrected chi connectivity index (χ4v) is 1.53. The summed E-state index contributed by atoms with van der Waals surface area (Å²) in [5.41, 5.74) is 6.95. The smallest absolute Gasteiger partial charge is 0.111 e. The summed E-state index contributed by atoms with van der Waals surface area (Å²) in [6, 6.07) is 0. The quantitative estimate of drug-likeness (QED) is 0.802. The summed E-state index contributed by atoms with van der Waals surface area (Å²) in [6.07, 6.45) is 2.89. The average molecular weight is 209 g/mol. The van der Waals surface area contributed by atoms with E-state index in [0.717, 1.165) is 12.2 Å². The van der Waals surface area contributed by atoms with Gasteiger partial charge in [-0.1, -0.05) is 34.6 Å². The number of nitrogens with two attached hydrogens (primary N) is 1. The van der Waals surface area contributed by atoms with Gasteiger partial charge >= 0.3 is 0 Å². The Morgan fingerprint density at radius 2 is 1.87 bits per heavy atom. The molecule has 0 aliphatic rings. The summed E-state index contributed by atoms with van der Waals surface area (Å²) in [4.78, 5) is 7.87. The topological polar surface area (TPSA) is 54.7 Å². The van der Waals surface area contributed by atoms with E-state index in [1.807, 2.05) is 6.20 Å². The molecule has 1 rings (SSSR count). The third kappa shape index (κ3) is 2.81. The lowest BCUT2D eigenvalue weighted by molar-refractivity contribution is 0.458. The van der Waals surface area contributed by atoms with Crippen LogP contribution in [-0.2, 0) is 10.8 Å². The molecule has 0 saturated carbocycles. The number of nitrogens with zero attached hydrogens (tertiary/aromatic N) is 1. The molecule has 0 saturated heterocycles. The molecule has 1 aromatic rings. The lowest BCUT2D eigenvalue weighted by atomic mass is 9.88. The molecule has 1 aromatic heterocycles. The first-order valence-corrected chi connectivity index (χ1v) is 5.53. The number of H-pyrrole nitrogens is 1. The molecule has 15 heavy (non-hydrogen) atoms. The van der Waals surface area contributed by atoms with E-state index in [4.69, 9.17) is 5.73 Å². The van der Waals surface area contributed by atoms with E-state index >= 15 is 0 Å². The van der Waals surface area contributed by atoms with E-state index in [1.165, 1.54) is 5.69 Å². The average Bonchev–Trinajstić information content (AvgIpc) is 2.50. The lowest BCUT2D eigenvalue weighted by Crippen LogP contribution is -2.23. The van der Waals surface area contributed by atoms with Crippen molar-refractivity contribution < 1.29 is 0 Å². The maximum atomic E-state index is 5.60. The second-order valence-electron chi connectivity index (χ2n) is 5.82. The minimum Gasteiger partial charge on any atom is -0.345 e. The van der Waals surface area contributed by atoms with Gasteiger partial charge in [0.05, 0.1) is 0 Å². The monoisotopic (exact) mass is 209 g/mol. The Balaban J connectivity index is 2.94. The zero-order valence-electron chi connectivity index (χ0n) is 10.5. The number of rotatable bonds is 3. The summed E-state index contributed by atoms with van der Waals surface area (Å²) in [5.74, 6) is 1.04. The molecule has 0 unspecified atom stereocenters. The van der Waals surface area contributed by atoms with Crippen LogP contribution in [0.25, 0.3) is 0 Å². The highest BCUT2D eigenvalue weighted by molar-refractivity contribution is 5.15. The molecule has 0 spiro atoms. The summed E-state index contributed by atoms with van der Waals surface area (Å²) in [7, 11) is 0. The summed E-state index contributed by atoms with van der Waals surface area (Å²) in [5, 5.41) is 0. The normalized spacial score (nSPS) is 13.2. The fraction of sp³-hybridized carbons (Fsp3) is 0.750. The van der Waals surface area contributed by atoms with Crippen molar-refractivity contribution in [3.8, 4) is 0 Å². The molecule has 3 N–H and O–H groups in total. The second kappa shape index (κ2) is 3.97. The van der Waals surface area contributed by atoms with Gasteiger partial charge in [-0.25, -0.2) is 4.98 Å². The molecule has 0 atom stereocenters. The van der Waals surface area contributed by atoms with Crippen molar-refractivity contribution in [3.63, 3.8) is 0 Å². The predicted octanol–water partition coefficient (Wildman–Crippen LogP) is 2.33. The maximum absolute atomic E-state index is 5.60. The number of nitrogens with one attached hydrogen (secondary N) is 1. The first kappa shape index (κ1) is 12.2. The molecule has 3 heteroatoms. The van der Waals surface area contributed by atoms with Crippen LogP contribution in [0.2, 0.25) is 0 Å². The number of aromatic amines is 1. The second-order valence-corrected chi connectivity index (χ2v) is 5.82. The Morgan fingerprint density at radius 3 is 2.27 bits per heavy atom. The van der Waals surface area contributed by atoms with Crippen molar-refractivity contribution in [3.05, 3.63) is 17.7 Å². The molecular formula is C12H23N3. The molecule has 3 nitrogen and oxygen atoms in total. The van der Waals surface area contributed by atoms with Crippen LogP contribution < -0.4 is 5.73 Å². The van der Waals surface area contributed by atoms with Gasteiger partial charge in [-0.2, -0.15) is 0 Å². The highest BCUT2D eigenvalue weighted by atomic mass is 14.9. The van der Waals surface area contributed by atoms with Crippen LogP contribution in [0.4, 0.5) is 0 Å². The van der Waals surface area contributed by atoms with Gasteiger partial charge in [0, 0.05) is 22.7 Å². The largest absolute Gasteiger partial charge is 0.345 e. The van der Waals surface area contributed by atoms with Gasteiger partial charge in [0.1, 0.15) is 5.82 Å². The number of imidazole rings is 1. The predicted molar refractivity (Wildman–Crippen MR) is 64.0 cm³/mol. The van der Waals surface area contributed by atoms with Gasteiger partial charge in [-0.05, 0) is 13.0 Å². The summed E-state index contributed by atoms with van der Waals surface area (Å²) < 4.78 is 0. The standard InChI is InChI=1S/C12H23N3/c1-11(2,3)9-8-14-10(15-9)12(4,5)6-7-13/h8H,6-7,13H2,1-5H3,(H,14,15). The Hall–Kier alpha value is -0.830. The van der Waals surface area contributed by atoms with Crippen molar-refractivity contribution in [2.45, 2.75) is 51.9 Å². The lowest BCUT2D eigenvalue weighted by Gasteiger charge is -2.22. The molecule has 86 valence electrons. The van der Waals surface area contributed by atoms with Gasteiger partial charge in [-0.15, -0.1) is 0 Å². The zero-order chi connectivity index (χ0) is 11.7. The van der Waals surface area contributed by atoms with E-state index in [9.17, 15) is 0 Å². The summed E-state index contributed by atoms with van der Waals surface area (Å²) in [6.45, 7) is 11.6.